The van der Waals surface area contributed by atoms with Gasteiger partial charge in [0.05, 0.1) is 33.7 Å². The summed E-state index contributed by atoms with van der Waals surface area (Å²) in [5.74, 6) is -1.14. The van der Waals surface area contributed by atoms with Crippen LogP contribution >= 0.6 is 22.7 Å². The van der Waals surface area contributed by atoms with E-state index in [1.807, 2.05) is 37.3 Å². The number of amides is 1. The van der Waals surface area contributed by atoms with Gasteiger partial charge >= 0.3 is 0 Å². The maximum absolute atomic E-state index is 13.6. The van der Waals surface area contributed by atoms with Crippen LogP contribution in [-0.2, 0) is 11.4 Å². The number of carbonyl (C=O) groups excluding carboxylic acids is 3. The van der Waals surface area contributed by atoms with Crippen molar-refractivity contribution in [2.75, 3.05) is 11.5 Å². The molecule has 0 radical (unpaired) electrons. The second-order valence-electron chi connectivity index (χ2n) is 9.03. The molecule has 1 aliphatic heterocycles. The summed E-state index contributed by atoms with van der Waals surface area (Å²) in [6.07, 6.45) is 0. The number of thiazole rings is 1. The largest absolute Gasteiger partial charge is 0.503 e. The molecular formula is C30H26N2O6S2. The SMILES string of the molecule is CCOc1cc(C2C(C(=O)c3cccs3)=C(O)C(=O)N2c2nc(C)c(C(C)=O)s2)ccc1OCc1ccccc1. The summed E-state index contributed by atoms with van der Waals surface area (Å²) in [7, 11) is 0. The number of hydrogen-bond donors (Lipinski definition) is 1. The highest BCUT2D eigenvalue weighted by atomic mass is 32.1. The number of Topliss-reactive ketones (excluding diaryl/α,β-unsaturated/α-hetero) is 2. The topological polar surface area (TPSA) is 106 Å². The Kier molecular flexibility index (Phi) is 7.81. The van der Waals surface area contributed by atoms with Crippen molar-refractivity contribution in [3.63, 3.8) is 0 Å². The van der Waals surface area contributed by atoms with Crippen LogP contribution in [0.5, 0.6) is 11.5 Å². The number of anilines is 1. The van der Waals surface area contributed by atoms with E-state index >= 15 is 0 Å². The van der Waals surface area contributed by atoms with Gasteiger partial charge in [0.1, 0.15) is 6.61 Å². The first-order valence-corrected chi connectivity index (χ1v) is 14.3. The second kappa shape index (κ2) is 11.4. The number of aromatic nitrogens is 1. The molecule has 5 rings (SSSR count). The molecule has 1 atom stereocenters. The number of thiophene rings is 1. The Hall–Kier alpha value is -4.28. The number of aliphatic hydroxyl groups is 1. The molecule has 40 heavy (non-hydrogen) atoms. The van der Waals surface area contributed by atoms with Crippen LogP contribution in [0.15, 0.2) is 77.4 Å². The maximum Gasteiger partial charge on any atom is 0.296 e. The molecule has 2 aromatic heterocycles. The molecule has 0 fully saturated rings. The van der Waals surface area contributed by atoms with Crippen LogP contribution in [0.3, 0.4) is 0 Å². The van der Waals surface area contributed by atoms with Gasteiger partial charge in [-0.05, 0) is 48.6 Å². The summed E-state index contributed by atoms with van der Waals surface area (Å²) in [4.78, 5) is 45.8. The standard InChI is InChI=1S/C30H26N2O6S2/c1-4-37-22-15-20(12-13-21(22)38-16-19-9-6-5-7-10-19)25-24(26(34)23-11-8-14-39-23)27(35)29(36)32(25)30-31-17(2)28(40-30)18(3)33/h5-15,25,35H,4,16H2,1-3H3. The molecule has 1 unspecified atom stereocenters. The normalized spacial score (nSPS) is 15.0. The van der Waals surface area contributed by atoms with Gasteiger partial charge in [-0.25, -0.2) is 4.98 Å². The van der Waals surface area contributed by atoms with Crippen LogP contribution in [0.4, 0.5) is 5.13 Å². The van der Waals surface area contributed by atoms with Gasteiger partial charge in [0.25, 0.3) is 5.91 Å². The monoisotopic (exact) mass is 574 g/mol. The van der Waals surface area contributed by atoms with Crippen LogP contribution in [0.1, 0.15) is 56.1 Å². The summed E-state index contributed by atoms with van der Waals surface area (Å²) in [5.41, 5.74) is 1.91. The lowest BCUT2D eigenvalue weighted by atomic mass is 9.95. The first kappa shape index (κ1) is 27.3. The van der Waals surface area contributed by atoms with Crippen molar-refractivity contribution in [1.29, 1.82) is 0 Å². The Morgan fingerprint density at radius 1 is 1.05 bits per heavy atom. The van der Waals surface area contributed by atoms with E-state index in [2.05, 4.69) is 4.98 Å². The Morgan fingerprint density at radius 3 is 2.48 bits per heavy atom. The van der Waals surface area contributed by atoms with E-state index in [0.29, 0.717) is 45.7 Å². The quantitative estimate of drug-likeness (QED) is 0.216. The minimum absolute atomic E-state index is 0.0647. The predicted molar refractivity (Wildman–Crippen MR) is 154 cm³/mol. The molecule has 204 valence electrons. The van der Waals surface area contributed by atoms with Gasteiger partial charge < -0.3 is 14.6 Å². The number of rotatable bonds is 10. The van der Waals surface area contributed by atoms with Crippen molar-refractivity contribution in [1.82, 2.24) is 4.98 Å². The molecule has 0 saturated heterocycles. The Labute approximate surface area is 239 Å². The highest BCUT2D eigenvalue weighted by Crippen LogP contribution is 2.45. The second-order valence-corrected chi connectivity index (χ2v) is 11.0. The number of aryl methyl sites for hydroxylation is 1. The van der Waals surface area contributed by atoms with E-state index in [1.165, 1.54) is 23.2 Å². The van der Waals surface area contributed by atoms with Crippen molar-refractivity contribution in [2.45, 2.75) is 33.4 Å². The summed E-state index contributed by atoms with van der Waals surface area (Å²) in [6, 6.07) is 17.2. The summed E-state index contributed by atoms with van der Waals surface area (Å²) < 4.78 is 11.9. The zero-order valence-electron chi connectivity index (χ0n) is 22.0. The third-order valence-electron chi connectivity index (χ3n) is 6.33. The lowest BCUT2D eigenvalue weighted by molar-refractivity contribution is -0.117. The van der Waals surface area contributed by atoms with Crippen LogP contribution in [0.25, 0.3) is 0 Å². The molecule has 0 saturated carbocycles. The lowest BCUT2D eigenvalue weighted by Gasteiger charge is -2.25. The maximum atomic E-state index is 13.6. The van der Waals surface area contributed by atoms with Gasteiger partial charge in [0.15, 0.2) is 28.2 Å². The van der Waals surface area contributed by atoms with Crippen molar-refractivity contribution < 1.29 is 29.0 Å². The van der Waals surface area contributed by atoms with E-state index in [-0.39, 0.29) is 16.5 Å². The number of nitrogens with zero attached hydrogens (tertiary/aromatic N) is 2. The molecule has 2 aromatic carbocycles. The van der Waals surface area contributed by atoms with E-state index < -0.39 is 23.5 Å². The molecular weight excluding hydrogens is 548 g/mol. The van der Waals surface area contributed by atoms with Gasteiger partial charge in [0, 0.05) is 6.92 Å². The summed E-state index contributed by atoms with van der Waals surface area (Å²) in [5, 5.41) is 13.0. The van der Waals surface area contributed by atoms with Crippen molar-refractivity contribution in [3.05, 3.63) is 104 Å². The predicted octanol–water partition coefficient (Wildman–Crippen LogP) is 6.48. The summed E-state index contributed by atoms with van der Waals surface area (Å²) >= 11 is 2.26. The number of carbonyl (C=O) groups is 3. The first-order valence-electron chi connectivity index (χ1n) is 12.6. The zero-order chi connectivity index (χ0) is 28.4. The Morgan fingerprint density at radius 2 is 1.82 bits per heavy atom. The van der Waals surface area contributed by atoms with Crippen molar-refractivity contribution in [3.8, 4) is 11.5 Å². The van der Waals surface area contributed by atoms with E-state index in [0.717, 1.165) is 16.9 Å². The van der Waals surface area contributed by atoms with Crippen LogP contribution in [0, 0.1) is 6.92 Å². The highest BCUT2D eigenvalue weighted by molar-refractivity contribution is 7.17. The van der Waals surface area contributed by atoms with Crippen molar-refractivity contribution in [2.24, 2.45) is 0 Å². The van der Waals surface area contributed by atoms with E-state index in [1.54, 1.807) is 42.6 Å². The van der Waals surface area contributed by atoms with E-state index in [9.17, 15) is 19.5 Å². The smallest absolute Gasteiger partial charge is 0.296 e. The van der Waals surface area contributed by atoms with Gasteiger partial charge in [-0.15, -0.1) is 11.3 Å². The fraction of sp³-hybridized carbons (Fsp3) is 0.200. The fourth-order valence-electron chi connectivity index (χ4n) is 4.52. The number of aliphatic hydroxyl groups excluding tert-OH is 1. The molecule has 1 amide bonds. The third-order valence-corrected chi connectivity index (χ3v) is 8.46. The lowest BCUT2D eigenvalue weighted by Crippen LogP contribution is -2.31. The minimum Gasteiger partial charge on any atom is -0.503 e. The van der Waals surface area contributed by atoms with Gasteiger partial charge in [-0.1, -0.05) is 53.8 Å². The van der Waals surface area contributed by atoms with Crippen LogP contribution < -0.4 is 14.4 Å². The molecule has 0 bridgehead atoms. The third kappa shape index (κ3) is 5.15. The number of ketones is 2. The van der Waals surface area contributed by atoms with Gasteiger partial charge in [-0.3, -0.25) is 19.3 Å². The van der Waals surface area contributed by atoms with Crippen LogP contribution in [0.2, 0.25) is 0 Å². The molecule has 1 aliphatic rings. The van der Waals surface area contributed by atoms with Crippen molar-refractivity contribution >= 4 is 45.3 Å². The summed E-state index contributed by atoms with van der Waals surface area (Å²) in [6.45, 7) is 5.64. The molecule has 8 nitrogen and oxygen atoms in total. The Bertz CT molecular complexity index is 1610. The highest BCUT2D eigenvalue weighted by Gasteiger charge is 2.46. The molecule has 0 spiro atoms. The average Bonchev–Trinajstić information content (AvgIpc) is 3.67. The molecule has 0 aliphatic carbocycles. The molecule has 3 heterocycles. The number of ether oxygens (including phenoxy) is 2. The number of benzene rings is 2. The molecule has 1 N–H and O–H groups in total. The minimum atomic E-state index is -1.00. The van der Waals surface area contributed by atoms with Crippen LogP contribution in [-0.4, -0.2) is 34.2 Å². The average molecular weight is 575 g/mol. The van der Waals surface area contributed by atoms with E-state index in [4.69, 9.17) is 9.47 Å². The number of hydrogen-bond acceptors (Lipinski definition) is 9. The van der Waals surface area contributed by atoms with Gasteiger partial charge in [0.2, 0.25) is 5.78 Å². The zero-order valence-corrected chi connectivity index (χ0v) is 23.7. The van der Waals surface area contributed by atoms with Gasteiger partial charge in [-0.2, -0.15) is 0 Å². The molecule has 4 aromatic rings. The fourth-order valence-corrected chi connectivity index (χ4v) is 6.19. The first-order chi connectivity index (χ1) is 19.3. The molecule has 10 heteroatoms. The Balaban J connectivity index is 1.60.